The van der Waals surface area contributed by atoms with Gasteiger partial charge in [-0.3, -0.25) is 0 Å². The maximum absolute atomic E-state index is 11.2. The minimum Gasteiger partial charge on any atom is -0.478 e. The number of carboxylic acid groups (broad SMARTS) is 1. The van der Waals surface area contributed by atoms with Gasteiger partial charge in [-0.15, -0.1) is 0 Å². The van der Waals surface area contributed by atoms with Crippen LogP contribution in [0.3, 0.4) is 0 Å². The maximum atomic E-state index is 11.2. The fourth-order valence-corrected chi connectivity index (χ4v) is 3.28. The second-order valence-electron chi connectivity index (χ2n) is 5.54. The number of hydrogen-bond acceptors (Lipinski definition) is 1. The van der Waals surface area contributed by atoms with Gasteiger partial charge in [-0.1, -0.05) is 23.7 Å². The molecule has 2 aromatic heterocycles. The van der Waals surface area contributed by atoms with Gasteiger partial charge in [-0.2, -0.15) is 0 Å². The first-order valence-electron chi connectivity index (χ1n) is 7.14. The van der Waals surface area contributed by atoms with Crippen molar-refractivity contribution in [3.63, 3.8) is 0 Å². The molecule has 0 aliphatic carbocycles. The van der Waals surface area contributed by atoms with Crippen molar-refractivity contribution in [3.8, 4) is 11.3 Å². The zero-order valence-corrected chi connectivity index (χ0v) is 13.1. The van der Waals surface area contributed by atoms with Crippen LogP contribution in [0.5, 0.6) is 0 Å². The Labute approximate surface area is 136 Å². The number of aromatic carboxylic acids is 1. The normalized spacial score (nSPS) is 11.4. The molecule has 0 atom stereocenters. The number of carbonyl (C=O) groups is 1. The van der Waals surface area contributed by atoms with Gasteiger partial charge in [-0.25, -0.2) is 4.79 Å². The highest BCUT2D eigenvalue weighted by molar-refractivity contribution is 6.36. The molecule has 4 nitrogen and oxygen atoms in total. The summed E-state index contributed by atoms with van der Waals surface area (Å²) < 4.78 is 2.01. The minimum absolute atomic E-state index is 0.285. The molecule has 0 fully saturated rings. The molecular weight excluding hydrogens is 312 g/mol. The molecule has 0 amide bonds. The molecule has 2 N–H and O–H groups in total. The van der Waals surface area contributed by atoms with Gasteiger partial charge in [0.2, 0.25) is 0 Å². The predicted octanol–water partition coefficient (Wildman–Crippen LogP) is 4.68. The van der Waals surface area contributed by atoms with E-state index in [2.05, 4.69) is 11.1 Å². The average Bonchev–Trinajstić information content (AvgIpc) is 3.14. The van der Waals surface area contributed by atoms with Gasteiger partial charge in [0, 0.05) is 57.4 Å². The van der Waals surface area contributed by atoms with E-state index in [0.29, 0.717) is 5.02 Å². The van der Waals surface area contributed by atoms with E-state index in [1.165, 1.54) is 0 Å². The largest absolute Gasteiger partial charge is 0.478 e. The smallest absolute Gasteiger partial charge is 0.335 e. The molecule has 0 saturated carbocycles. The van der Waals surface area contributed by atoms with Gasteiger partial charge >= 0.3 is 5.97 Å². The Morgan fingerprint density at radius 3 is 2.70 bits per heavy atom. The van der Waals surface area contributed by atoms with Crippen LogP contribution in [0.25, 0.3) is 32.9 Å². The zero-order chi connectivity index (χ0) is 16.1. The first-order valence-corrected chi connectivity index (χ1v) is 7.52. The second-order valence-corrected chi connectivity index (χ2v) is 5.95. The van der Waals surface area contributed by atoms with E-state index in [-0.39, 0.29) is 5.56 Å². The number of fused-ring (bicyclic) bond motifs is 2. The van der Waals surface area contributed by atoms with Crippen molar-refractivity contribution < 1.29 is 9.90 Å². The Balaban J connectivity index is 2.01. The third kappa shape index (κ3) is 2.03. The Bertz CT molecular complexity index is 1080. The molecule has 0 saturated heterocycles. The van der Waals surface area contributed by atoms with Gasteiger partial charge in [-0.05, 0) is 24.3 Å². The van der Waals surface area contributed by atoms with E-state index in [1.807, 2.05) is 42.2 Å². The first kappa shape index (κ1) is 13.9. The van der Waals surface area contributed by atoms with Crippen molar-refractivity contribution in [1.29, 1.82) is 0 Å². The molecule has 4 aromatic rings. The molecule has 0 spiro atoms. The van der Waals surface area contributed by atoms with Crippen LogP contribution >= 0.6 is 11.6 Å². The molecule has 2 aromatic carbocycles. The third-order valence-electron chi connectivity index (χ3n) is 4.26. The van der Waals surface area contributed by atoms with Crippen LogP contribution in [-0.4, -0.2) is 20.6 Å². The monoisotopic (exact) mass is 324 g/mol. The molecule has 0 radical (unpaired) electrons. The highest BCUT2D eigenvalue weighted by Gasteiger charge is 2.14. The van der Waals surface area contributed by atoms with Crippen LogP contribution in [0, 0.1) is 0 Å². The number of halogens is 1. The first-order chi connectivity index (χ1) is 11.1. The quantitative estimate of drug-likeness (QED) is 0.562. The molecule has 0 unspecified atom stereocenters. The molecular formula is C18H13ClN2O2. The summed E-state index contributed by atoms with van der Waals surface area (Å²) in [6.07, 6.45) is 3.81. The van der Waals surface area contributed by atoms with Gasteiger partial charge in [0.25, 0.3) is 0 Å². The van der Waals surface area contributed by atoms with Crippen molar-refractivity contribution in [1.82, 2.24) is 9.55 Å². The number of H-pyrrole nitrogens is 1. The third-order valence-corrected chi connectivity index (χ3v) is 4.59. The van der Waals surface area contributed by atoms with Crippen LogP contribution in [0.4, 0.5) is 0 Å². The Morgan fingerprint density at radius 2 is 1.91 bits per heavy atom. The topological polar surface area (TPSA) is 58.0 Å². The highest BCUT2D eigenvalue weighted by Crippen LogP contribution is 2.35. The SMILES string of the molecule is Cn1c(-c2ccc(Cl)c3c[nH]cc23)cc2ccc(C(=O)O)cc21. The molecule has 2 heterocycles. The Morgan fingerprint density at radius 1 is 1.13 bits per heavy atom. The summed E-state index contributed by atoms with van der Waals surface area (Å²) in [7, 11) is 1.94. The number of rotatable bonds is 2. The van der Waals surface area contributed by atoms with Crippen LogP contribution in [0.15, 0.2) is 48.8 Å². The summed E-state index contributed by atoms with van der Waals surface area (Å²) in [5.74, 6) is -0.922. The van der Waals surface area contributed by atoms with Gasteiger partial charge in [0.15, 0.2) is 0 Å². The summed E-state index contributed by atoms with van der Waals surface area (Å²) in [5, 5.41) is 12.9. The summed E-state index contributed by atoms with van der Waals surface area (Å²) in [4.78, 5) is 14.3. The molecule has 23 heavy (non-hydrogen) atoms. The van der Waals surface area contributed by atoms with E-state index < -0.39 is 5.97 Å². The van der Waals surface area contributed by atoms with Crippen LogP contribution in [-0.2, 0) is 7.05 Å². The number of aromatic nitrogens is 2. The number of carboxylic acids is 1. The van der Waals surface area contributed by atoms with Crippen LogP contribution in [0.2, 0.25) is 5.02 Å². The van der Waals surface area contributed by atoms with Gasteiger partial charge < -0.3 is 14.7 Å². The minimum atomic E-state index is -0.922. The molecule has 5 heteroatoms. The number of nitrogens with zero attached hydrogens (tertiary/aromatic N) is 1. The van der Waals surface area contributed by atoms with Crippen LogP contribution < -0.4 is 0 Å². The summed E-state index contributed by atoms with van der Waals surface area (Å²) in [6.45, 7) is 0. The van der Waals surface area contributed by atoms with Crippen LogP contribution in [0.1, 0.15) is 10.4 Å². The van der Waals surface area contributed by atoms with E-state index in [0.717, 1.165) is 32.9 Å². The lowest BCUT2D eigenvalue weighted by atomic mass is 10.1. The molecule has 4 rings (SSSR count). The standard InChI is InChI=1S/C18H13ClN2O2/c1-21-16-7-11(18(22)23)3-2-10(16)6-17(21)12-4-5-15(19)14-9-20-8-13(12)14/h2-9,20H,1H3,(H,22,23). The molecule has 114 valence electrons. The van der Waals surface area contributed by atoms with E-state index in [4.69, 9.17) is 11.6 Å². The van der Waals surface area contributed by atoms with E-state index in [1.54, 1.807) is 12.1 Å². The van der Waals surface area contributed by atoms with Crippen molar-refractivity contribution >= 4 is 39.2 Å². The van der Waals surface area contributed by atoms with Crippen molar-refractivity contribution in [2.24, 2.45) is 7.05 Å². The summed E-state index contributed by atoms with van der Waals surface area (Å²) in [5.41, 5.74) is 3.25. The lowest BCUT2D eigenvalue weighted by Gasteiger charge is -2.07. The van der Waals surface area contributed by atoms with Crippen molar-refractivity contribution in [2.45, 2.75) is 0 Å². The Hall–Kier alpha value is -2.72. The molecule has 0 bridgehead atoms. The molecule has 0 aliphatic rings. The number of hydrogen-bond donors (Lipinski definition) is 2. The Kier molecular flexibility index (Phi) is 2.96. The number of aryl methyl sites for hydroxylation is 1. The summed E-state index contributed by atoms with van der Waals surface area (Å²) >= 11 is 6.24. The number of benzene rings is 2. The second kappa shape index (κ2) is 4.89. The highest BCUT2D eigenvalue weighted by atomic mass is 35.5. The lowest BCUT2D eigenvalue weighted by molar-refractivity contribution is 0.0697. The fourth-order valence-electron chi connectivity index (χ4n) is 3.07. The fraction of sp³-hybridized carbons (Fsp3) is 0.0556. The van der Waals surface area contributed by atoms with Crippen molar-refractivity contribution in [2.75, 3.05) is 0 Å². The van der Waals surface area contributed by atoms with Gasteiger partial charge in [0.1, 0.15) is 0 Å². The van der Waals surface area contributed by atoms with Gasteiger partial charge in [0.05, 0.1) is 5.56 Å². The number of nitrogens with one attached hydrogen (secondary N) is 1. The van der Waals surface area contributed by atoms with E-state index in [9.17, 15) is 9.90 Å². The van der Waals surface area contributed by atoms with Crippen molar-refractivity contribution in [3.05, 3.63) is 59.4 Å². The number of aromatic amines is 1. The average molecular weight is 325 g/mol. The van der Waals surface area contributed by atoms with E-state index >= 15 is 0 Å². The molecule has 0 aliphatic heterocycles. The zero-order valence-electron chi connectivity index (χ0n) is 12.3. The lowest BCUT2D eigenvalue weighted by Crippen LogP contribution is -1.97. The predicted molar refractivity (Wildman–Crippen MR) is 92.2 cm³/mol. The summed E-state index contributed by atoms with van der Waals surface area (Å²) in [6, 6.07) is 11.1. The maximum Gasteiger partial charge on any atom is 0.335 e.